The number of rotatable bonds is 5. The van der Waals surface area contributed by atoms with Gasteiger partial charge in [-0.2, -0.15) is 4.31 Å². The number of pyridine rings is 1. The fraction of sp³-hybridized carbons (Fsp3) is 0.227. The minimum atomic E-state index is -3.71. The summed E-state index contributed by atoms with van der Waals surface area (Å²) in [5, 5.41) is 11.0. The van der Waals surface area contributed by atoms with Gasteiger partial charge in [-0.3, -0.25) is 4.98 Å². The van der Waals surface area contributed by atoms with Crippen LogP contribution >= 0.6 is 0 Å². The molecule has 2 atom stereocenters. The van der Waals surface area contributed by atoms with Crippen LogP contribution in [0.1, 0.15) is 22.9 Å². The monoisotopic (exact) mass is 394 g/mol. The average molecular weight is 394 g/mol. The van der Waals surface area contributed by atoms with E-state index >= 15 is 0 Å². The number of hydrogen-bond donors (Lipinski definition) is 1. The molecule has 5 nitrogen and oxygen atoms in total. The first-order chi connectivity index (χ1) is 13.6. The van der Waals surface area contributed by atoms with E-state index in [-0.39, 0.29) is 4.90 Å². The Labute approximate surface area is 165 Å². The third-order valence-electron chi connectivity index (χ3n) is 5.17. The fourth-order valence-electron chi connectivity index (χ4n) is 3.75. The lowest BCUT2D eigenvalue weighted by molar-refractivity contribution is 0.0795. The van der Waals surface area contributed by atoms with Crippen molar-refractivity contribution in [1.29, 1.82) is 0 Å². The highest BCUT2D eigenvalue weighted by Crippen LogP contribution is 2.37. The number of aliphatic hydroxyl groups excluding tert-OH is 1. The molecule has 0 radical (unpaired) electrons. The van der Waals surface area contributed by atoms with Crippen molar-refractivity contribution < 1.29 is 13.5 Å². The SMILES string of the molecule is O=S1(=O)c2ccccc2[C@@H](O)[C@H](Cc2ccccn2)N1CCc1ccccc1. The van der Waals surface area contributed by atoms with Gasteiger partial charge in [0.25, 0.3) is 0 Å². The van der Waals surface area contributed by atoms with Crippen molar-refractivity contribution in [2.24, 2.45) is 0 Å². The highest BCUT2D eigenvalue weighted by atomic mass is 32.2. The van der Waals surface area contributed by atoms with E-state index in [4.69, 9.17) is 0 Å². The second-order valence-electron chi connectivity index (χ2n) is 6.93. The summed E-state index contributed by atoms with van der Waals surface area (Å²) in [4.78, 5) is 4.52. The normalized spacial score (nSPS) is 21.2. The molecule has 0 unspecified atom stereocenters. The predicted octanol–water partition coefficient (Wildman–Crippen LogP) is 2.97. The maximum absolute atomic E-state index is 13.4. The zero-order valence-electron chi connectivity index (χ0n) is 15.3. The van der Waals surface area contributed by atoms with Gasteiger partial charge in [0.05, 0.1) is 17.0 Å². The zero-order valence-corrected chi connectivity index (χ0v) is 16.2. The Bertz CT molecular complexity index is 1040. The number of hydrogen-bond acceptors (Lipinski definition) is 4. The molecule has 6 heteroatoms. The first-order valence-electron chi connectivity index (χ1n) is 9.30. The van der Waals surface area contributed by atoms with E-state index in [0.717, 1.165) is 11.3 Å². The highest BCUT2D eigenvalue weighted by molar-refractivity contribution is 7.89. The summed E-state index contributed by atoms with van der Waals surface area (Å²) in [5.41, 5.74) is 2.27. The number of sulfonamides is 1. The lowest BCUT2D eigenvalue weighted by Gasteiger charge is -2.39. The van der Waals surface area contributed by atoms with Gasteiger partial charge in [-0.25, -0.2) is 8.42 Å². The minimum absolute atomic E-state index is 0.188. The van der Waals surface area contributed by atoms with Crippen LogP contribution in [0.5, 0.6) is 0 Å². The molecule has 0 bridgehead atoms. The zero-order chi connectivity index (χ0) is 19.6. The maximum Gasteiger partial charge on any atom is 0.243 e. The summed E-state index contributed by atoms with van der Waals surface area (Å²) in [6, 6.07) is 21.4. The van der Waals surface area contributed by atoms with E-state index in [1.807, 2.05) is 48.5 Å². The summed E-state index contributed by atoms with van der Waals surface area (Å²) < 4.78 is 28.2. The van der Waals surface area contributed by atoms with Crippen molar-refractivity contribution in [1.82, 2.24) is 9.29 Å². The second kappa shape index (κ2) is 7.83. The van der Waals surface area contributed by atoms with Crippen LogP contribution in [0, 0.1) is 0 Å². The first kappa shape index (κ1) is 18.8. The molecular weight excluding hydrogens is 372 g/mol. The molecule has 4 rings (SSSR count). The molecule has 1 N–H and O–H groups in total. The van der Waals surface area contributed by atoms with Crippen LogP contribution in [-0.2, 0) is 22.9 Å². The van der Waals surface area contributed by atoms with Crippen LogP contribution < -0.4 is 0 Å². The molecular formula is C22H22N2O3S. The molecule has 3 aromatic rings. The molecule has 28 heavy (non-hydrogen) atoms. The van der Waals surface area contributed by atoms with Crippen molar-refractivity contribution in [3.8, 4) is 0 Å². The van der Waals surface area contributed by atoms with Crippen molar-refractivity contribution >= 4 is 10.0 Å². The van der Waals surface area contributed by atoms with Crippen LogP contribution in [0.2, 0.25) is 0 Å². The molecule has 0 spiro atoms. The molecule has 1 aliphatic heterocycles. The minimum Gasteiger partial charge on any atom is -0.387 e. The lowest BCUT2D eigenvalue weighted by atomic mass is 9.97. The van der Waals surface area contributed by atoms with Crippen LogP contribution in [-0.4, -0.2) is 35.4 Å². The predicted molar refractivity (Wildman–Crippen MR) is 107 cm³/mol. The topological polar surface area (TPSA) is 70.5 Å². The number of benzene rings is 2. The van der Waals surface area contributed by atoms with Gasteiger partial charge in [-0.15, -0.1) is 0 Å². The van der Waals surface area contributed by atoms with Crippen LogP contribution in [0.3, 0.4) is 0 Å². The third-order valence-corrected chi connectivity index (χ3v) is 7.17. The number of aromatic nitrogens is 1. The molecule has 0 aliphatic carbocycles. The molecule has 2 aromatic carbocycles. The summed E-state index contributed by atoms with van der Waals surface area (Å²) in [6.07, 6.45) is 1.71. The second-order valence-corrected chi connectivity index (χ2v) is 8.79. The average Bonchev–Trinajstić information content (AvgIpc) is 2.73. The fourth-order valence-corrected chi connectivity index (χ4v) is 5.61. The summed E-state index contributed by atoms with van der Waals surface area (Å²) in [6.45, 7) is 0.301. The molecule has 144 valence electrons. The Kier molecular flexibility index (Phi) is 5.26. The summed E-state index contributed by atoms with van der Waals surface area (Å²) in [7, 11) is -3.71. The summed E-state index contributed by atoms with van der Waals surface area (Å²) >= 11 is 0. The Morgan fingerprint density at radius 2 is 1.64 bits per heavy atom. The number of nitrogens with zero attached hydrogens (tertiary/aromatic N) is 2. The van der Waals surface area contributed by atoms with Crippen molar-refractivity contribution in [2.45, 2.75) is 29.9 Å². The first-order valence-corrected chi connectivity index (χ1v) is 10.7. The molecule has 0 saturated heterocycles. The third kappa shape index (κ3) is 3.58. The smallest absolute Gasteiger partial charge is 0.243 e. The van der Waals surface area contributed by atoms with Gasteiger partial charge in [0.2, 0.25) is 10.0 Å². The highest BCUT2D eigenvalue weighted by Gasteiger charge is 2.43. The Balaban J connectivity index is 1.71. The van der Waals surface area contributed by atoms with Crippen LogP contribution in [0.15, 0.2) is 83.9 Å². The van der Waals surface area contributed by atoms with Gasteiger partial charge in [-0.1, -0.05) is 54.6 Å². The van der Waals surface area contributed by atoms with Crippen LogP contribution in [0.4, 0.5) is 0 Å². The Morgan fingerprint density at radius 1 is 0.929 bits per heavy atom. The van der Waals surface area contributed by atoms with Crippen molar-refractivity contribution in [3.05, 3.63) is 95.8 Å². The summed E-state index contributed by atoms with van der Waals surface area (Å²) in [5.74, 6) is 0. The van der Waals surface area contributed by atoms with Crippen molar-refractivity contribution in [2.75, 3.05) is 6.54 Å². The van der Waals surface area contributed by atoms with E-state index in [1.54, 1.807) is 30.5 Å². The van der Waals surface area contributed by atoms with E-state index in [1.165, 1.54) is 4.31 Å². The standard InChI is InChI=1S/C22H22N2O3S/c25-22-19-11-4-5-12-21(19)28(26,27)24(15-13-17-8-2-1-3-9-17)20(22)16-18-10-6-7-14-23-18/h1-12,14,20,22,25H,13,15-16H2/t20-,22+/m0/s1. The molecule has 0 fully saturated rings. The van der Waals surface area contributed by atoms with Crippen LogP contribution in [0.25, 0.3) is 0 Å². The van der Waals surface area contributed by atoms with Gasteiger partial charge in [0.1, 0.15) is 0 Å². The van der Waals surface area contributed by atoms with Gasteiger partial charge in [0.15, 0.2) is 0 Å². The maximum atomic E-state index is 13.4. The molecule has 2 heterocycles. The van der Waals surface area contributed by atoms with Gasteiger partial charge in [-0.05, 0) is 30.2 Å². The van der Waals surface area contributed by atoms with E-state index in [2.05, 4.69) is 4.98 Å². The molecule has 0 amide bonds. The van der Waals surface area contributed by atoms with Crippen molar-refractivity contribution in [3.63, 3.8) is 0 Å². The molecule has 0 saturated carbocycles. The Morgan fingerprint density at radius 3 is 2.39 bits per heavy atom. The lowest BCUT2D eigenvalue weighted by Crippen LogP contribution is -2.49. The molecule has 1 aromatic heterocycles. The largest absolute Gasteiger partial charge is 0.387 e. The number of aliphatic hydroxyl groups is 1. The van der Waals surface area contributed by atoms with E-state index in [0.29, 0.717) is 24.9 Å². The molecule has 1 aliphatic rings. The van der Waals surface area contributed by atoms with Gasteiger partial charge >= 0.3 is 0 Å². The Hall–Kier alpha value is -2.54. The van der Waals surface area contributed by atoms with E-state index in [9.17, 15) is 13.5 Å². The van der Waals surface area contributed by atoms with Gasteiger partial charge < -0.3 is 5.11 Å². The van der Waals surface area contributed by atoms with E-state index < -0.39 is 22.2 Å². The number of fused-ring (bicyclic) bond motifs is 1. The van der Waals surface area contributed by atoms with Gasteiger partial charge in [0, 0.05) is 30.4 Å². The quantitative estimate of drug-likeness (QED) is 0.722.